The number of amides is 1. The van der Waals surface area contributed by atoms with Crippen molar-refractivity contribution in [2.45, 2.75) is 70.4 Å². The molecular weight excluding hydrogens is 432 g/mol. The average Bonchev–Trinajstić information content (AvgIpc) is 3.48. The third-order valence-corrected chi connectivity index (χ3v) is 8.82. The number of likely N-dealkylation sites (tertiary alicyclic amines) is 1. The molecule has 1 aromatic carbocycles. The number of rotatable bonds is 5. The van der Waals surface area contributed by atoms with Crippen LogP contribution in [0.4, 0.5) is 0 Å². The number of H-pyrrole nitrogens is 1. The number of carboxylic acid groups (broad SMARTS) is 1. The first-order valence-corrected chi connectivity index (χ1v) is 13.0. The van der Waals surface area contributed by atoms with E-state index in [-0.39, 0.29) is 35.7 Å². The molecule has 2 aliphatic rings. The van der Waals surface area contributed by atoms with Crippen LogP contribution in [-0.2, 0) is 9.59 Å². The maximum Gasteiger partial charge on any atom is 0.306 e. The summed E-state index contributed by atoms with van der Waals surface area (Å²) in [5.41, 5.74) is 3.48. The van der Waals surface area contributed by atoms with Gasteiger partial charge in [0, 0.05) is 46.0 Å². The standard InChI is InChI=1S/C27H32N2O3S/c1-16(21-15-28-22-8-3-7-20(26(21)22)24-10-5-13-33-24)14-25(30)29-17(2)11-12-18-19(27(31)32)6-4-9-23(18)29/h3,5,7-8,10,13,15-19,23,28H,4,6,9,11-12,14H2,1-2H3,(H,31,32)/t16-,17?,18?,19?,23?/m1/s1. The van der Waals surface area contributed by atoms with Crippen LogP contribution in [0, 0.1) is 11.8 Å². The van der Waals surface area contributed by atoms with E-state index in [1.54, 1.807) is 11.3 Å². The molecule has 0 radical (unpaired) electrons. The Morgan fingerprint density at radius 3 is 2.79 bits per heavy atom. The number of aromatic nitrogens is 1. The van der Waals surface area contributed by atoms with Crippen molar-refractivity contribution in [2.75, 3.05) is 0 Å². The molecule has 5 nitrogen and oxygen atoms in total. The van der Waals surface area contributed by atoms with Crippen LogP contribution < -0.4 is 0 Å². The summed E-state index contributed by atoms with van der Waals surface area (Å²) in [5, 5.41) is 13.0. The summed E-state index contributed by atoms with van der Waals surface area (Å²) in [6.45, 7) is 4.27. The number of fused-ring (bicyclic) bond motifs is 2. The van der Waals surface area contributed by atoms with Gasteiger partial charge in [0.2, 0.25) is 5.91 Å². The second-order valence-electron chi connectivity index (χ2n) is 9.89. The Morgan fingerprint density at radius 2 is 2.03 bits per heavy atom. The van der Waals surface area contributed by atoms with Gasteiger partial charge in [0.15, 0.2) is 0 Å². The van der Waals surface area contributed by atoms with Gasteiger partial charge in [-0.3, -0.25) is 9.59 Å². The predicted octanol–water partition coefficient (Wildman–Crippen LogP) is 6.27. The molecule has 1 amide bonds. The zero-order chi connectivity index (χ0) is 23.1. The molecule has 0 spiro atoms. The molecule has 4 unspecified atom stereocenters. The Balaban J connectivity index is 1.41. The number of thiophene rings is 1. The van der Waals surface area contributed by atoms with E-state index in [9.17, 15) is 14.7 Å². The lowest BCUT2D eigenvalue weighted by atomic mass is 9.70. The fourth-order valence-electron chi connectivity index (χ4n) is 6.33. The molecule has 3 heterocycles. The summed E-state index contributed by atoms with van der Waals surface area (Å²) >= 11 is 1.73. The van der Waals surface area contributed by atoms with E-state index in [4.69, 9.17) is 0 Å². The van der Waals surface area contributed by atoms with E-state index in [1.165, 1.54) is 21.4 Å². The lowest BCUT2D eigenvalue weighted by molar-refractivity contribution is -0.154. The first-order valence-electron chi connectivity index (χ1n) is 12.1. The quantitative estimate of drug-likeness (QED) is 0.467. The topological polar surface area (TPSA) is 73.4 Å². The molecule has 6 heteroatoms. The van der Waals surface area contributed by atoms with Gasteiger partial charge in [-0.2, -0.15) is 0 Å². The Hall–Kier alpha value is -2.60. The molecule has 0 bridgehead atoms. The van der Waals surface area contributed by atoms with Crippen molar-refractivity contribution in [3.05, 3.63) is 47.5 Å². The van der Waals surface area contributed by atoms with Crippen LogP contribution >= 0.6 is 11.3 Å². The minimum Gasteiger partial charge on any atom is -0.481 e. The molecule has 2 aromatic heterocycles. The summed E-state index contributed by atoms with van der Waals surface area (Å²) in [5.74, 6) is -0.686. The van der Waals surface area contributed by atoms with Crippen LogP contribution in [0.15, 0.2) is 41.9 Å². The number of carboxylic acids is 1. The molecule has 1 aliphatic heterocycles. The Bertz CT molecular complexity index is 1150. The van der Waals surface area contributed by atoms with Gasteiger partial charge < -0.3 is 15.0 Å². The zero-order valence-corrected chi connectivity index (χ0v) is 20.1. The van der Waals surface area contributed by atoms with Crippen LogP contribution in [0.3, 0.4) is 0 Å². The van der Waals surface area contributed by atoms with Crippen LogP contribution in [0.1, 0.15) is 63.9 Å². The van der Waals surface area contributed by atoms with Crippen LogP contribution in [0.5, 0.6) is 0 Å². The van der Waals surface area contributed by atoms with E-state index in [2.05, 4.69) is 65.6 Å². The molecule has 3 aromatic rings. The van der Waals surface area contributed by atoms with Crippen molar-refractivity contribution in [3.8, 4) is 10.4 Å². The fourth-order valence-corrected chi connectivity index (χ4v) is 7.09. The third-order valence-electron chi connectivity index (χ3n) is 7.92. The van der Waals surface area contributed by atoms with Crippen LogP contribution in [0.2, 0.25) is 0 Å². The molecular formula is C27H32N2O3S. The third kappa shape index (κ3) is 3.99. The predicted molar refractivity (Wildman–Crippen MR) is 132 cm³/mol. The lowest BCUT2D eigenvalue weighted by Gasteiger charge is -2.49. The maximum absolute atomic E-state index is 13.7. The summed E-state index contributed by atoms with van der Waals surface area (Å²) < 4.78 is 0. The van der Waals surface area contributed by atoms with E-state index in [0.717, 1.165) is 37.6 Å². The van der Waals surface area contributed by atoms with Gasteiger partial charge in [-0.15, -0.1) is 11.3 Å². The number of aromatic amines is 1. The monoisotopic (exact) mass is 464 g/mol. The van der Waals surface area contributed by atoms with Gasteiger partial charge in [0.1, 0.15) is 0 Å². The van der Waals surface area contributed by atoms with E-state index < -0.39 is 5.97 Å². The molecule has 33 heavy (non-hydrogen) atoms. The van der Waals surface area contributed by atoms with E-state index in [0.29, 0.717) is 6.42 Å². The summed E-state index contributed by atoms with van der Waals surface area (Å²) in [7, 11) is 0. The number of hydrogen-bond acceptors (Lipinski definition) is 3. The number of hydrogen-bond donors (Lipinski definition) is 2. The SMILES string of the molecule is CC1CCC2C(C(=O)O)CCCC2N1C(=O)C[C@@H](C)c1c[nH]c2cccc(-c3cccs3)c12. The van der Waals surface area contributed by atoms with Gasteiger partial charge in [-0.25, -0.2) is 0 Å². The number of nitrogens with one attached hydrogen (secondary N) is 1. The molecule has 2 N–H and O–H groups in total. The highest BCUT2D eigenvalue weighted by Crippen LogP contribution is 2.43. The maximum atomic E-state index is 13.7. The highest BCUT2D eigenvalue weighted by atomic mass is 32.1. The van der Waals surface area contributed by atoms with Crippen molar-refractivity contribution in [2.24, 2.45) is 11.8 Å². The molecule has 5 atom stereocenters. The average molecular weight is 465 g/mol. The zero-order valence-electron chi connectivity index (χ0n) is 19.3. The normalized spacial score (nSPS) is 26.2. The molecule has 2 fully saturated rings. The number of nitrogens with zero attached hydrogens (tertiary/aromatic N) is 1. The van der Waals surface area contributed by atoms with Gasteiger partial charge in [-0.1, -0.05) is 31.5 Å². The highest BCUT2D eigenvalue weighted by molar-refractivity contribution is 7.13. The van der Waals surface area contributed by atoms with Gasteiger partial charge >= 0.3 is 5.97 Å². The van der Waals surface area contributed by atoms with Crippen molar-refractivity contribution >= 4 is 34.1 Å². The van der Waals surface area contributed by atoms with Crippen molar-refractivity contribution in [1.82, 2.24) is 9.88 Å². The fraction of sp³-hybridized carbons (Fsp3) is 0.481. The summed E-state index contributed by atoms with van der Waals surface area (Å²) in [6.07, 6.45) is 6.85. The first kappa shape index (κ1) is 22.2. The Kier molecular flexibility index (Phi) is 6.04. The Morgan fingerprint density at radius 1 is 1.18 bits per heavy atom. The number of carbonyl (C=O) groups excluding carboxylic acids is 1. The van der Waals surface area contributed by atoms with Gasteiger partial charge in [-0.05, 0) is 67.5 Å². The molecule has 174 valence electrons. The number of aliphatic carboxylic acids is 1. The second kappa shape index (κ2) is 8.98. The molecule has 1 aliphatic carbocycles. The molecule has 1 saturated heterocycles. The van der Waals surface area contributed by atoms with Crippen molar-refractivity contribution in [3.63, 3.8) is 0 Å². The smallest absolute Gasteiger partial charge is 0.306 e. The van der Waals surface area contributed by atoms with E-state index >= 15 is 0 Å². The summed E-state index contributed by atoms with van der Waals surface area (Å²) in [4.78, 5) is 32.2. The minimum atomic E-state index is -0.695. The van der Waals surface area contributed by atoms with Crippen LogP contribution in [0.25, 0.3) is 21.3 Å². The number of carbonyl (C=O) groups is 2. The van der Waals surface area contributed by atoms with Crippen molar-refractivity contribution < 1.29 is 14.7 Å². The van der Waals surface area contributed by atoms with Crippen molar-refractivity contribution in [1.29, 1.82) is 0 Å². The minimum absolute atomic E-state index is 0.0629. The van der Waals surface area contributed by atoms with Gasteiger partial charge in [0.25, 0.3) is 0 Å². The molecule has 1 saturated carbocycles. The summed E-state index contributed by atoms with van der Waals surface area (Å²) in [6, 6.07) is 10.8. The number of benzene rings is 1. The number of piperidine rings is 1. The highest BCUT2D eigenvalue weighted by Gasteiger charge is 2.45. The Labute approximate surface area is 198 Å². The lowest BCUT2D eigenvalue weighted by Crippen LogP contribution is -2.56. The van der Waals surface area contributed by atoms with Crippen LogP contribution in [-0.4, -0.2) is 39.0 Å². The largest absolute Gasteiger partial charge is 0.481 e. The second-order valence-corrected chi connectivity index (χ2v) is 10.8. The van der Waals surface area contributed by atoms with Gasteiger partial charge in [0.05, 0.1) is 5.92 Å². The molecule has 5 rings (SSSR count). The van der Waals surface area contributed by atoms with E-state index in [1.807, 2.05) is 0 Å². The first-order chi connectivity index (χ1) is 16.0.